The normalized spacial score (nSPS) is 32.8. The van der Waals surface area contributed by atoms with Crippen LogP contribution in [0.2, 0.25) is 0 Å². The van der Waals surface area contributed by atoms with E-state index < -0.39 is 0 Å². The molecule has 238 valence electrons. The van der Waals surface area contributed by atoms with E-state index in [1.54, 1.807) is 0 Å². The number of rotatable bonds is 4. The summed E-state index contributed by atoms with van der Waals surface area (Å²) >= 11 is 0. The summed E-state index contributed by atoms with van der Waals surface area (Å²) in [6.45, 7) is 6.91. The number of nitrogens with one attached hydrogen (secondary N) is 1. The van der Waals surface area contributed by atoms with Crippen molar-refractivity contribution in [3.63, 3.8) is 0 Å². The molecule has 4 saturated heterocycles. The molecule has 4 aliphatic carbocycles. The molecule has 2 aromatic rings. The van der Waals surface area contributed by atoms with Gasteiger partial charge in [-0.1, -0.05) is 68.1 Å². The van der Waals surface area contributed by atoms with Crippen molar-refractivity contribution in [2.45, 2.75) is 46.2 Å². The van der Waals surface area contributed by atoms with Gasteiger partial charge in [-0.3, -0.25) is 29.0 Å². The maximum atomic E-state index is 11.7. The van der Waals surface area contributed by atoms with E-state index in [0.29, 0.717) is 6.54 Å². The van der Waals surface area contributed by atoms with Gasteiger partial charge in [0.2, 0.25) is 11.8 Å². The van der Waals surface area contributed by atoms with Crippen molar-refractivity contribution in [1.29, 1.82) is 0 Å². The van der Waals surface area contributed by atoms with Crippen molar-refractivity contribution in [1.82, 2.24) is 15.1 Å². The maximum Gasteiger partial charge on any atom is 1.00 e. The molecule has 8 fully saturated rings. The molecule has 10 rings (SSSR count). The number of hydrogen-bond acceptors (Lipinski definition) is 7. The van der Waals surface area contributed by atoms with Crippen LogP contribution in [-0.2, 0) is 37.0 Å². The van der Waals surface area contributed by atoms with Crippen LogP contribution in [0.1, 0.15) is 45.7 Å². The van der Waals surface area contributed by atoms with Gasteiger partial charge in [-0.05, 0) is 73.6 Å². The molecule has 4 saturated carbocycles. The van der Waals surface area contributed by atoms with E-state index in [-0.39, 0.29) is 132 Å². The zero-order valence-corrected chi connectivity index (χ0v) is 30.8. The standard InChI is InChI=1S/C12H11NO2.C12H15N.C5H9N.C5H4O3.CH4.HI.K.H/c14-11-9-6-10(9)12(15)13(11)7-8-4-2-1-3-5-8;1-2-4-10(5-3-1)7-13-8-11-6-12(11)9-13;1-4-2-6-3-5(1)4;6-4-2-1-3(2)5(7)8-4;;;;/h1-5,9-10H,6-7H2;1-5,11-12H,6-9H2;4-6H,1-3H2;2-3H,1H2;1H4;1H;;/q;;;;;;+1;-1. The zero-order valence-electron chi connectivity index (χ0n) is 26.3. The average molecular weight is 754 g/mol. The second-order valence-electron chi connectivity index (χ2n) is 13.2. The Balaban J connectivity index is 0.000000170. The molecular weight excluding hydrogens is 708 g/mol. The predicted molar refractivity (Wildman–Crippen MR) is 177 cm³/mol. The SMILES string of the molecule is C.C1NCC2CC12.I.O=C1C2CC2C(=O)N1Cc1ccccc1.O=C1OC(=O)C2CC12.[H-].[K+].c1ccc(CN2CC3CC3C2)cc1. The van der Waals surface area contributed by atoms with E-state index in [4.69, 9.17) is 0 Å². The third-order valence-corrected chi connectivity index (χ3v) is 9.92. The second kappa shape index (κ2) is 15.9. The van der Waals surface area contributed by atoms with E-state index in [2.05, 4.69) is 45.3 Å². The third-order valence-electron chi connectivity index (χ3n) is 9.92. The summed E-state index contributed by atoms with van der Waals surface area (Å²) < 4.78 is 4.25. The van der Waals surface area contributed by atoms with Crippen molar-refractivity contribution in [2.75, 3.05) is 26.2 Å². The summed E-state index contributed by atoms with van der Waals surface area (Å²) in [5.41, 5.74) is 2.48. The van der Waals surface area contributed by atoms with Crippen molar-refractivity contribution < 1.29 is 76.7 Å². The molecule has 0 aromatic heterocycles. The molecule has 4 heterocycles. The van der Waals surface area contributed by atoms with E-state index >= 15 is 0 Å². The number of likely N-dealkylation sites (tertiary alicyclic amines) is 2. The minimum atomic E-state index is -0.319. The van der Waals surface area contributed by atoms with Crippen molar-refractivity contribution in [3.05, 3.63) is 71.8 Å². The number of imide groups is 1. The topological polar surface area (TPSA) is 96.0 Å². The maximum absolute atomic E-state index is 11.7. The van der Waals surface area contributed by atoms with Crippen LogP contribution in [0, 0.1) is 47.3 Å². The molecule has 8 atom stereocenters. The fourth-order valence-corrected chi connectivity index (χ4v) is 6.87. The van der Waals surface area contributed by atoms with E-state index in [0.717, 1.165) is 48.6 Å². The molecule has 0 radical (unpaired) electrons. The Kier molecular flexibility index (Phi) is 13.0. The van der Waals surface area contributed by atoms with Gasteiger partial charge in [0, 0.05) is 19.6 Å². The van der Waals surface area contributed by atoms with Crippen molar-refractivity contribution in [3.8, 4) is 0 Å². The number of fused-ring (bicyclic) bond motifs is 4. The molecule has 0 spiro atoms. The fraction of sp³-hybridized carbons (Fsp3) is 0.543. The molecular formula is C35H45IKN3O5. The van der Waals surface area contributed by atoms with Crippen LogP contribution >= 0.6 is 24.0 Å². The molecule has 45 heavy (non-hydrogen) atoms. The summed E-state index contributed by atoms with van der Waals surface area (Å²) in [4.78, 5) is 48.1. The van der Waals surface area contributed by atoms with Gasteiger partial charge in [0.15, 0.2) is 0 Å². The molecule has 4 aliphatic heterocycles. The third kappa shape index (κ3) is 9.13. The molecule has 8 aliphatic rings. The van der Waals surface area contributed by atoms with Crippen molar-refractivity contribution in [2.24, 2.45) is 47.3 Å². The van der Waals surface area contributed by atoms with E-state index in [9.17, 15) is 19.2 Å². The number of benzene rings is 2. The largest absolute Gasteiger partial charge is 1.00 e. The van der Waals surface area contributed by atoms with Gasteiger partial charge < -0.3 is 11.5 Å². The molecule has 2 amide bonds. The molecule has 10 heteroatoms. The summed E-state index contributed by atoms with van der Waals surface area (Å²) in [6.07, 6.45) is 4.54. The molecule has 0 bridgehead atoms. The van der Waals surface area contributed by atoms with Crippen molar-refractivity contribution >= 4 is 47.7 Å². The van der Waals surface area contributed by atoms with Gasteiger partial charge in [-0.2, -0.15) is 0 Å². The van der Waals surface area contributed by atoms with Crippen LogP contribution in [0.25, 0.3) is 0 Å². The first-order valence-corrected chi connectivity index (χ1v) is 15.6. The summed E-state index contributed by atoms with van der Waals surface area (Å²) in [5.74, 6) is 3.65. The Morgan fingerprint density at radius 2 is 1.09 bits per heavy atom. The van der Waals surface area contributed by atoms with Gasteiger partial charge in [-0.25, -0.2) is 0 Å². The predicted octanol–water partition coefficient (Wildman–Crippen LogP) is 1.63. The number of esters is 2. The minimum absolute atomic E-state index is 0. The Hall–Kier alpha value is -0.994. The molecule has 8 nitrogen and oxygen atoms in total. The van der Waals surface area contributed by atoms with Crippen LogP contribution in [0.5, 0.6) is 0 Å². The minimum Gasteiger partial charge on any atom is -1.00 e. The first-order chi connectivity index (χ1) is 20.4. The first-order valence-electron chi connectivity index (χ1n) is 15.6. The number of amides is 2. The summed E-state index contributed by atoms with van der Waals surface area (Å²) in [6, 6.07) is 20.4. The van der Waals surface area contributed by atoms with Gasteiger partial charge in [0.1, 0.15) is 0 Å². The van der Waals surface area contributed by atoms with Crippen LogP contribution in [0.15, 0.2) is 60.7 Å². The molecule has 2 aromatic carbocycles. The number of cyclic esters (lactones) is 2. The number of piperidine rings is 3. The van der Waals surface area contributed by atoms with Crippen LogP contribution in [0.4, 0.5) is 0 Å². The Bertz CT molecular complexity index is 1310. The zero-order chi connectivity index (χ0) is 28.8. The Labute approximate surface area is 327 Å². The number of halogens is 1. The number of carbonyl (C=O) groups excluding carboxylic acids is 4. The number of ether oxygens (including phenoxy) is 1. The number of nitrogens with zero attached hydrogens (tertiary/aromatic N) is 2. The number of hydrogen-bond donors (Lipinski definition) is 1. The van der Waals surface area contributed by atoms with Gasteiger partial charge in [-0.15, -0.1) is 24.0 Å². The Morgan fingerprint density at radius 1 is 0.644 bits per heavy atom. The van der Waals surface area contributed by atoms with Gasteiger partial charge in [0.05, 0.1) is 30.2 Å². The summed E-state index contributed by atoms with van der Waals surface area (Å²) in [7, 11) is 0. The first kappa shape index (κ1) is 36.8. The van der Waals surface area contributed by atoms with Crippen LogP contribution < -0.4 is 56.7 Å². The van der Waals surface area contributed by atoms with Crippen LogP contribution in [0.3, 0.4) is 0 Å². The fourth-order valence-electron chi connectivity index (χ4n) is 6.87. The van der Waals surface area contributed by atoms with Gasteiger partial charge in [0.25, 0.3) is 0 Å². The smallest absolute Gasteiger partial charge is 1.00 e. The van der Waals surface area contributed by atoms with Crippen LogP contribution in [-0.4, -0.2) is 59.7 Å². The van der Waals surface area contributed by atoms with Gasteiger partial charge >= 0.3 is 63.3 Å². The monoisotopic (exact) mass is 753 g/mol. The molecule has 1 N–H and O–H groups in total. The van der Waals surface area contributed by atoms with E-state index in [1.165, 1.54) is 49.5 Å². The average Bonchev–Trinajstić information content (AvgIpc) is 3.92. The quantitative estimate of drug-likeness (QED) is 0.167. The Morgan fingerprint density at radius 3 is 1.47 bits per heavy atom. The summed E-state index contributed by atoms with van der Waals surface area (Å²) in [5, 5.41) is 3.32. The number of carbonyl (C=O) groups is 4. The molecule has 8 unspecified atom stereocenters. The van der Waals surface area contributed by atoms with E-state index in [1.807, 2.05) is 30.3 Å². The second-order valence-corrected chi connectivity index (χ2v) is 13.2.